The van der Waals surface area contributed by atoms with Crippen molar-refractivity contribution >= 4 is 11.9 Å². The monoisotopic (exact) mass is 353 g/mol. The zero-order valence-electron chi connectivity index (χ0n) is 13.2. The van der Waals surface area contributed by atoms with E-state index in [1.54, 1.807) is 0 Å². The Balaban J connectivity index is 3.34. The average molecular weight is 353 g/mol. The molecule has 11 nitrogen and oxygen atoms in total. The molecule has 0 aromatic heterocycles. The maximum absolute atomic E-state index is 11.4. The summed E-state index contributed by atoms with van der Waals surface area (Å²) in [6.07, 6.45) is -6.48. The summed E-state index contributed by atoms with van der Waals surface area (Å²) in [5, 5.41) is 60.8. The van der Waals surface area contributed by atoms with Gasteiger partial charge in [-0.3, -0.25) is 4.79 Å². The van der Waals surface area contributed by atoms with Crippen molar-refractivity contribution in [3.8, 4) is 0 Å². The first kappa shape index (κ1) is 20.7. The third-order valence-electron chi connectivity index (χ3n) is 3.64. The number of aliphatic hydroxyl groups excluding tert-OH is 3. The molecular formula is C13H23NO10. The van der Waals surface area contributed by atoms with E-state index in [1.165, 1.54) is 6.92 Å². The van der Waals surface area contributed by atoms with E-state index < -0.39 is 60.8 Å². The highest BCUT2D eigenvalue weighted by atomic mass is 16.7. The lowest BCUT2D eigenvalue weighted by Gasteiger charge is -2.50. The molecular weight excluding hydrogens is 330 g/mol. The molecule has 11 heteroatoms. The number of hydrogen-bond donors (Lipinski definition) is 7. The number of rotatable bonds is 7. The van der Waals surface area contributed by atoms with Crippen LogP contribution in [0.5, 0.6) is 0 Å². The first-order chi connectivity index (χ1) is 11.0. The second-order valence-electron chi connectivity index (χ2n) is 5.55. The number of aliphatic hydroxyl groups is 5. The molecule has 0 aromatic rings. The van der Waals surface area contributed by atoms with Gasteiger partial charge in [-0.05, 0) is 6.92 Å². The van der Waals surface area contributed by atoms with Crippen LogP contribution >= 0.6 is 0 Å². The SMILES string of the molecule is CCO[C@]1(O)CC(O)(C(=O)O)O[C@@H]([C@H](O)[C@H](O)CO)[C@@H]1NC(C)=O. The van der Waals surface area contributed by atoms with Crippen molar-refractivity contribution in [2.24, 2.45) is 0 Å². The zero-order chi connectivity index (χ0) is 18.7. The van der Waals surface area contributed by atoms with Crippen LogP contribution in [0.4, 0.5) is 0 Å². The van der Waals surface area contributed by atoms with E-state index >= 15 is 0 Å². The number of nitrogens with one attached hydrogen (secondary N) is 1. The van der Waals surface area contributed by atoms with Gasteiger partial charge in [0.15, 0.2) is 5.79 Å². The van der Waals surface area contributed by atoms with Gasteiger partial charge in [0, 0.05) is 13.5 Å². The minimum absolute atomic E-state index is 0.117. The molecule has 6 atom stereocenters. The van der Waals surface area contributed by atoms with Gasteiger partial charge >= 0.3 is 5.97 Å². The van der Waals surface area contributed by atoms with Crippen molar-refractivity contribution in [3.63, 3.8) is 0 Å². The molecule has 1 amide bonds. The van der Waals surface area contributed by atoms with Crippen LogP contribution in [0.25, 0.3) is 0 Å². The van der Waals surface area contributed by atoms with Crippen LogP contribution in [0.1, 0.15) is 20.3 Å². The van der Waals surface area contributed by atoms with E-state index in [1.807, 2.05) is 0 Å². The summed E-state index contributed by atoms with van der Waals surface area (Å²) in [6.45, 7) is 1.54. The molecule has 1 fully saturated rings. The van der Waals surface area contributed by atoms with E-state index in [9.17, 15) is 30.0 Å². The highest BCUT2D eigenvalue weighted by molar-refractivity contribution is 5.76. The Kier molecular flexibility index (Phi) is 6.64. The molecule has 0 bridgehead atoms. The summed E-state index contributed by atoms with van der Waals surface area (Å²) in [6, 6.07) is -1.52. The summed E-state index contributed by atoms with van der Waals surface area (Å²) >= 11 is 0. The number of carboxylic acid groups (broad SMARTS) is 1. The number of hydrogen-bond acceptors (Lipinski definition) is 9. The second-order valence-corrected chi connectivity index (χ2v) is 5.55. The summed E-state index contributed by atoms with van der Waals surface area (Å²) < 4.78 is 10.1. The number of carbonyl (C=O) groups excluding carboxylic acids is 1. The van der Waals surface area contributed by atoms with Crippen LogP contribution in [-0.2, 0) is 19.1 Å². The number of amides is 1. The standard InChI is InChI=1S/C13H23NO10/c1-3-23-12(21)5-13(22,11(19)20)24-9(8(18)7(17)4-15)10(12)14-6(2)16/h7-10,15,17-18,21-22H,3-5H2,1-2H3,(H,14,16)(H,19,20)/t7-,8-,9+,10+,12-,13?/m1/s1. The van der Waals surface area contributed by atoms with Gasteiger partial charge in [0.25, 0.3) is 5.79 Å². The molecule has 140 valence electrons. The summed E-state index contributed by atoms with van der Waals surface area (Å²) in [5.41, 5.74) is 0. The minimum Gasteiger partial charge on any atom is -0.477 e. The summed E-state index contributed by atoms with van der Waals surface area (Å²) in [4.78, 5) is 22.7. The molecule has 0 aliphatic carbocycles. The third-order valence-corrected chi connectivity index (χ3v) is 3.64. The van der Waals surface area contributed by atoms with Crippen LogP contribution in [0.2, 0.25) is 0 Å². The Morgan fingerprint density at radius 1 is 1.38 bits per heavy atom. The predicted molar refractivity (Wildman–Crippen MR) is 75.4 cm³/mol. The van der Waals surface area contributed by atoms with Gasteiger partial charge in [-0.25, -0.2) is 4.79 Å². The lowest BCUT2D eigenvalue weighted by atomic mass is 9.85. The van der Waals surface area contributed by atoms with E-state index in [-0.39, 0.29) is 6.61 Å². The second kappa shape index (κ2) is 7.70. The third kappa shape index (κ3) is 4.19. The summed E-state index contributed by atoms with van der Waals surface area (Å²) in [7, 11) is 0. The number of carboxylic acids is 1. The van der Waals surface area contributed by atoms with Gasteiger partial charge in [0.2, 0.25) is 5.91 Å². The fourth-order valence-electron chi connectivity index (χ4n) is 2.57. The molecule has 7 N–H and O–H groups in total. The van der Waals surface area contributed by atoms with Crippen LogP contribution < -0.4 is 5.32 Å². The molecule has 0 spiro atoms. The summed E-state index contributed by atoms with van der Waals surface area (Å²) in [5.74, 6) is -7.89. The number of ether oxygens (including phenoxy) is 2. The van der Waals surface area contributed by atoms with Crippen LogP contribution in [-0.4, -0.2) is 91.7 Å². The van der Waals surface area contributed by atoms with Gasteiger partial charge in [-0.1, -0.05) is 0 Å². The zero-order valence-corrected chi connectivity index (χ0v) is 13.2. The van der Waals surface area contributed by atoms with Gasteiger partial charge in [0.05, 0.1) is 13.0 Å². The predicted octanol–water partition coefficient (Wildman–Crippen LogP) is -3.51. The Bertz CT molecular complexity index is 474. The fraction of sp³-hybridized carbons (Fsp3) is 0.846. The normalized spacial score (nSPS) is 36.0. The van der Waals surface area contributed by atoms with Crippen molar-refractivity contribution in [1.29, 1.82) is 0 Å². The molecule has 0 aromatic carbocycles. The van der Waals surface area contributed by atoms with Gasteiger partial charge in [-0.2, -0.15) is 0 Å². The van der Waals surface area contributed by atoms with Crippen LogP contribution in [0, 0.1) is 0 Å². The Morgan fingerprint density at radius 3 is 2.38 bits per heavy atom. The van der Waals surface area contributed by atoms with E-state index in [0.717, 1.165) is 6.92 Å². The van der Waals surface area contributed by atoms with Crippen molar-refractivity contribution in [1.82, 2.24) is 5.32 Å². The molecule has 24 heavy (non-hydrogen) atoms. The molecule has 1 aliphatic heterocycles. The topological polar surface area (TPSA) is 186 Å². The van der Waals surface area contributed by atoms with Crippen LogP contribution in [0.3, 0.4) is 0 Å². The molecule has 0 saturated carbocycles. The number of aliphatic carboxylic acids is 1. The molecule has 1 aliphatic rings. The average Bonchev–Trinajstić information content (AvgIpc) is 2.48. The van der Waals surface area contributed by atoms with Crippen molar-refractivity contribution in [2.75, 3.05) is 13.2 Å². The number of carbonyl (C=O) groups is 2. The van der Waals surface area contributed by atoms with Crippen LogP contribution in [0.15, 0.2) is 0 Å². The largest absolute Gasteiger partial charge is 0.477 e. The van der Waals surface area contributed by atoms with Gasteiger partial charge in [-0.15, -0.1) is 0 Å². The molecule has 1 heterocycles. The Hall–Kier alpha value is -1.34. The quantitative estimate of drug-likeness (QED) is 0.226. The fourth-order valence-corrected chi connectivity index (χ4v) is 2.57. The van der Waals surface area contributed by atoms with Crippen molar-refractivity contribution < 1.29 is 49.7 Å². The van der Waals surface area contributed by atoms with Gasteiger partial charge in [0.1, 0.15) is 24.4 Å². The lowest BCUT2D eigenvalue weighted by Crippen LogP contribution is -2.73. The lowest BCUT2D eigenvalue weighted by molar-refractivity contribution is -0.361. The Labute approximate surface area is 137 Å². The van der Waals surface area contributed by atoms with Gasteiger partial charge < -0.3 is 45.4 Å². The first-order valence-corrected chi connectivity index (χ1v) is 7.24. The molecule has 1 saturated heterocycles. The maximum Gasteiger partial charge on any atom is 0.364 e. The van der Waals surface area contributed by atoms with E-state index in [4.69, 9.17) is 19.7 Å². The molecule has 1 rings (SSSR count). The highest BCUT2D eigenvalue weighted by Crippen LogP contribution is 2.37. The van der Waals surface area contributed by atoms with E-state index in [0.29, 0.717) is 0 Å². The van der Waals surface area contributed by atoms with Crippen molar-refractivity contribution in [2.45, 2.75) is 56.2 Å². The Morgan fingerprint density at radius 2 is 1.96 bits per heavy atom. The smallest absolute Gasteiger partial charge is 0.364 e. The molecule has 1 unspecified atom stereocenters. The van der Waals surface area contributed by atoms with E-state index in [2.05, 4.69) is 5.32 Å². The van der Waals surface area contributed by atoms with Crippen molar-refractivity contribution in [3.05, 3.63) is 0 Å². The highest BCUT2D eigenvalue weighted by Gasteiger charge is 2.61. The first-order valence-electron chi connectivity index (χ1n) is 7.24. The molecule has 0 radical (unpaired) electrons. The minimum atomic E-state index is -2.94. The maximum atomic E-state index is 11.4.